The summed E-state index contributed by atoms with van der Waals surface area (Å²) in [5.74, 6) is 0.366. The average molecular weight is 281 g/mol. The highest BCUT2D eigenvalue weighted by atomic mass is 19.1. The zero-order valence-electron chi connectivity index (χ0n) is 12.4. The molecule has 0 saturated carbocycles. The number of anilines is 2. The lowest BCUT2D eigenvalue weighted by Gasteiger charge is -2.36. The van der Waals surface area contributed by atoms with Gasteiger partial charge in [-0.05, 0) is 32.9 Å². The van der Waals surface area contributed by atoms with Crippen molar-refractivity contribution in [1.82, 2.24) is 4.90 Å². The van der Waals surface area contributed by atoms with Crippen molar-refractivity contribution in [1.29, 1.82) is 0 Å². The molecule has 1 fully saturated rings. The Balaban J connectivity index is 2.14. The van der Waals surface area contributed by atoms with Gasteiger partial charge in [0.2, 0.25) is 0 Å². The number of nitrogens with zero attached hydrogens (tertiary/aromatic N) is 1. The van der Waals surface area contributed by atoms with Crippen LogP contribution in [0.1, 0.15) is 20.3 Å². The van der Waals surface area contributed by atoms with E-state index in [-0.39, 0.29) is 5.75 Å². The second-order valence-electron chi connectivity index (χ2n) is 5.58. The van der Waals surface area contributed by atoms with Crippen molar-refractivity contribution in [3.8, 4) is 5.75 Å². The fraction of sp³-hybridized carbons (Fsp3) is 0.600. The van der Waals surface area contributed by atoms with E-state index in [1.54, 1.807) is 6.07 Å². The number of rotatable bonds is 4. The van der Waals surface area contributed by atoms with E-state index in [1.165, 1.54) is 6.07 Å². The summed E-state index contributed by atoms with van der Waals surface area (Å²) < 4.78 is 19.0. The minimum atomic E-state index is -0.411. The summed E-state index contributed by atoms with van der Waals surface area (Å²) in [6.45, 7) is 6.60. The SMILES string of the molecule is CCOc1cc(NC2CCN(C)CC2C)c(N)cc1F. The highest BCUT2D eigenvalue weighted by Gasteiger charge is 2.24. The van der Waals surface area contributed by atoms with Gasteiger partial charge in [0.25, 0.3) is 0 Å². The Labute approximate surface area is 120 Å². The van der Waals surface area contributed by atoms with Gasteiger partial charge in [0, 0.05) is 24.7 Å². The Morgan fingerprint density at radius 2 is 2.25 bits per heavy atom. The predicted molar refractivity (Wildman–Crippen MR) is 80.7 cm³/mol. The van der Waals surface area contributed by atoms with Crippen molar-refractivity contribution < 1.29 is 9.13 Å². The smallest absolute Gasteiger partial charge is 0.167 e. The van der Waals surface area contributed by atoms with Crippen LogP contribution in [0.3, 0.4) is 0 Å². The van der Waals surface area contributed by atoms with Crippen LogP contribution in [0.4, 0.5) is 15.8 Å². The largest absolute Gasteiger partial charge is 0.491 e. The van der Waals surface area contributed by atoms with E-state index in [9.17, 15) is 4.39 Å². The van der Waals surface area contributed by atoms with Crippen LogP contribution in [-0.4, -0.2) is 37.7 Å². The molecule has 1 aliphatic rings. The molecule has 1 aromatic carbocycles. The molecule has 0 aliphatic carbocycles. The Hall–Kier alpha value is -1.49. The summed E-state index contributed by atoms with van der Waals surface area (Å²) >= 11 is 0. The van der Waals surface area contributed by atoms with Crippen LogP contribution in [0.15, 0.2) is 12.1 Å². The third-order valence-corrected chi connectivity index (χ3v) is 3.85. The lowest BCUT2D eigenvalue weighted by atomic mass is 9.94. The van der Waals surface area contributed by atoms with Crippen molar-refractivity contribution in [3.63, 3.8) is 0 Å². The van der Waals surface area contributed by atoms with Gasteiger partial charge in [0.05, 0.1) is 18.0 Å². The molecule has 112 valence electrons. The van der Waals surface area contributed by atoms with Gasteiger partial charge in [-0.3, -0.25) is 0 Å². The molecule has 1 aliphatic heterocycles. The van der Waals surface area contributed by atoms with Crippen LogP contribution in [-0.2, 0) is 0 Å². The molecule has 1 heterocycles. The topological polar surface area (TPSA) is 50.5 Å². The summed E-state index contributed by atoms with van der Waals surface area (Å²) in [5, 5.41) is 3.45. The molecule has 0 aromatic heterocycles. The second-order valence-corrected chi connectivity index (χ2v) is 5.58. The third-order valence-electron chi connectivity index (χ3n) is 3.85. The number of nitrogens with one attached hydrogen (secondary N) is 1. The molecular formula is C15H24FN3O. The number of benzene rings is 1. The summed E-state index contributed by atoms with van der Waals surface area (Å²) in [5.41, 5.74) is 7.10. The highest BCUT2D eigenvalue weighted by Crippen LogP contribution is 2.30. The van der Waals surface area contributed by atoms with Gasteiger partial charge in [-0.2, -0.15) is 0 Å². The average Bonchev–Trinajstić information content (AvgIpc) is 2.38. The molecule has 0 spiro atoms. The highest BCUT2D eigenvalue weighted by molar-refractivity contribution is 5.69. The van der Waals surface area contributed by atoms with Crippen molar-refractivity contribution in [2.75, 3.05) is 37.8 Å². The molecule has 2 atom stereocenters. The zero-order chi connectivity index (χ0) is 14.7. The van der Waals surface area contributed by atoms with Gasteiger partial charge in [0.1, 0.15) is 0 Å². The second kappa shape index (κ2) is 6.31. The summed E-state index contributed by atoms with van der Waals surface area (Å²) in [7, 11) is 2.13. The molecule has 2 rings (SSSR count). The maximum Gasteiger partial charge on any atom is 0.167 e. The lowest BCUT2D eigenvalue weighted by Crippen LogP contribution is -2.43. The summed E-state index contributed by atoms with van der Waals surface area (Å²) in [6.07, 6.45) is 1.05. The Morgan fingerprint density at radius 1 is 1.50 bits per heavy atom. The molecular weight excluding hydrogens is 257 g/mol. The van der Waals surface area contributed by atoms with Crippen molar-refractivity contribution >= 4 is 11.4 Å². The lowest BCUT2D eigenvalue weighted by molar-refractivity contribution is 0.206. The van der Waals surface area contributed by atoms with Crippen LogP contribution in [0.5, 0.6) is 5.75 Å². The molecule has 0 bridgehead atoms. The van der Waals surface area contributed by atoms with Gasteiger partial charge in [-0.15, -0.1) is 0 Å². The number of hydrogen-bond donors (Lipinski definition) is 2. The minimum absolute atomic E-state index is 0.254. The number of hydrogen-bond acceptors (Lipinski definition) is 4. The predicted octanol–water partition coefficient (Wildman–Crippen LogP) is 2.56. The van der Waals surface area contributed by atoms with Crippen molar-refractivity contribution in [2.45, 2.75) is 26.3 Å². The molecule has 20 heavy (non-hydrogen) atoms. The quantitative estimate of drug-likeness (QED) is 0.833. The fourth-order valence-corrected chi connectivity index (χ4v) is 2.73. The summed E-state index contributed by atoms with van der Waals surface area (Å²) in [6, 6.07) is 3.35. The molecule has 4 nitrogen and oxygen atoms in total. The van der Waals surface area contributed by atoms with E-state index in [1.807, 2.05) is 6.92 Å². The number of halogens is 1. The monoisotopic (exact) mass is 281 g/mol. The Bertz CT molecular complexity index is 467. The van der Waals surface area contributed by atoms with E-state index < -0.39 is 5.82 Å². The van der Waals surface area contributed by atoms with Gasteiger partial charge in [-0.25, -0.2) is 4.39 Å². The van der Waals surface area contributed by atoms with Crippen molar-refractivity contribution in [3.05, 3.63) is 17.9 Å². The molecule has 5 heteroatoms. The van der Waals surface area contributed by atoms with Gasteiger partial charge in [0.15, 0.2) is 11.6 Å². The molecule has 0 radical (unpaired) electrons. The zero-order valence-corrected chi connectivity index (χ0v) is 12.4. The van der Waals surface area contributed by atoms with Gasteiger partial charge < -0.3 is 20.7 Å². The number of nitrogen functional groups attached to an aromatic ring is 1. The molecule has 1 aromatic rings. The van der Waals surface area contributed by atoms with Crippen LogP contribution < -0.4 is 15.8 Å². The Kier molecular flexibility index (Phi) is 4.70. The molecule has 3 N–H and O–H groups in total. The van der Waals surface area contributed by atoms with E-state index in [4.69, 9.17) is 10.5 Å². The Morgan fingerprint density at radius 3 is 2.90 bits per heavy atom. The maximum atomic E-state index is 13.7. The number of piperidine rings is 1. The number of nitrogens with two attached hydrogens (primary N) is 1. The standard InChI is InChI=1S/C15H24FN3O/c1-4-20-15-8-14(12(17)7-11(15)16)18-13-5-6-19(3)9-10(13)2/h7-8,10,13,18H,4-6,9,17H2,1-3H3. The molecule has 1 saturated heterocycles. The summed E-state index contributed by atoms with van der Waals surface area (Å²) in [4.78, 5) is 2.32. The maximum absolute atomic E-state index is 13.7. The third kappa shape index (κ3) is 3.33. The van der Waals surface area contributed by atoms with Crippen molar-refractivity contribution in [2.24, 2.45) is 5.92 Å². The van der Waals surface area contributed by atoms with Gasteiger partial charge >= 0.3 is 0 Å². The minimum Gasteiger partial charge on any atom is -0.491 e. The first-order valence-corrected chi connectivity index (χ1v) is 7.18. The van der Waals surface area contributed by atoms with Gasteiger partial charge in [-0.1, -0.05) is 6.92 Å². The first kappa shape index (κ1) is 14.9. The van der Waals surface area contributed by atoms with Crippen LogP contribution in [0.25, 0.3) is 0 Å². The first-order valence-electron chi connectivity index (χ1n) is 7.18. The van der Waals surface area contributed by atoms with E-state index in [2.05, 4.69) is 24.2 Å². The van der Waals surface area contributed by atoms with Crippen LogP contribution in [0, 0.1) is 11.7 Å². The number of likely N-dealkylation sites (tertiary alicyclic amines) is 1. The van der Waals surface area contributed by atoms with Crippen LogP contribution in [0.2, 0.25) is 0 Å². The van der Waals surface area contributed by atoms with E-state index in [0.29, 0.717) is 24.3 Å². The molecule has 0 amide bonds. The number of ether oxygens (including phenoxy) is 1. The first-order chi connectivity index (χ1) is 9.51. The van der Waals surface area contributed by atoms with E-state index >= 15 is 0 Å². The van der Waals surface area contributed by atoms with E-state index in [0.717, 1.165) is 25.2 Å². The normalized spacial score (nSPS) is 23.6. The molecule has 2 unspecified atom stereocenters. The fourth-order valence-electron chi connectivity index (χ4n) is 2.73. The van der Waals surface area contributed by atoms with Crippen LogP contribution >= 0.6 is 0 Å².